The fraction of sp³-hybridized carbons (Fsp3) is 0. The van der Waals surface area contributed by atoms with Gasteiger partial charge in [0.15, 0.2) is 0 Å². The van der Waals surface area contributed by atoms with Crippen LogP contribution in [-0.2, 0) is 20.4 Å². The standard InChI is InChI=1S/C29H17BN6.Pd/c1-3-8-28-24(6-1)22-12-10-20(34-17-5-14-31-34)18-26(22)30-27-19-21(36-32-15-16-33-36)11-13-23(27)25-7-2-4-9-29(25)35(28)30;/h1-17H;/q-2;+2. The van der Waals surface area contributed by atoms with Crippen LogP contribution < -0.4 is 15.7 Å². The van der Waals surface area contributed by atoms with Crippen LogP contribution in [0.4, 0.5) is 11.4 Å². The number of hydrogen-bond acceptors (Lipinski definition) is 4. The van der Waals surface area contributed by atoms with Crippen LogP contribution >= 0.6 is 0 Å². The zero-order chi connectivity index (χ0) is 23.6. The normalized spacial score (nSPS) is 12.5. The molecule has 37 heavy (non-hydrogen) atoms. The second-order valence-corrected chi connectivity index (χ2v) is 8.92. The summed E-state index contributed by atoms with van der Waals surface area (Å²) < 4.78 is 1.86. The van der Waals surface area contributed by atoms with E-state index in [0.29, 0.717) is 0 Å². The van der Waals surface area contributed by atoms with Gasteiger partial charge in [-0.1, -0.05) is 47.5 Å². The summed E-state index contributed by atoms with van der Waals surface area (Å²) in [5.74, 6) is 0. The average molecular weight is 567 g/mol. The van der Waals surface area contributed by atoms with Gasteiger partial charge in [0.1, 0.15) is 0 Å². The molecule has 0 spiro atoms. The largest absolute Gasteiger partial charge is 2.00 e. The summed E-state index contributed by atoms with van der Waals surface area (Å²) in [6.07, 6.45) is 7.11. The quantitative estimate of drug-likeness (QED) is 0.235. The number of aromatic nitrogens is 5. The second kappa shape index (κ2) is 8.41. The van der Waals surface area contributed by atoms with Gasteiger partial charge >= 0.3 is 20.4 Å². The van der Waals surface area contributed by atoms with Gasteiger partial charge in [-0.25, -0.2) is 0 Å². The smallest absolute Gasteiger partial charge is 0.381 e. The summed E-state index contributed by atoms with van der Waals surface area (Å²) in [6.45, 7) is -0.120. The molecule has 0 N–H and O–H groups in total. The van der Waals surface area contributed by atoms with Crippen LogP contribution in [0.5, 0.6) is 0 Å². The van der Waals surface area contributed by atoms with Crippen molar-refractivity contribution in [2.75, 3.05) is 4.81 Å². The molecule has 4 aromatic carbocycles. The Morgan fingerprint density at radius 1 is 0.568 bits per heavy atom. The van der Waals surface area contributed by atoms with Gasteiger partial charge in [0, 0.05) is 23.8 Å². The Labute approximate surface area is 227 Å². The summed E-state index contributed by atoms with van der Waals surface area (Å²) >= 11 is 0. The van der Waals surface area contributed by atoms with E-state index in [2.05, 4.69) is 99.0 Å². The molecular formula is C29H17BN6Pd. The van der Waals surface area contributed by atoms with Crippen molar-refractivity contribution in [2.24, 2.45) is 0 Å². The second-order valence-electron chi connectivity index (χ2n) is 8.92. The third-order valence-corrected chi connectivity index (χ3v) is 7.02. The molecule has 4 heterocycles. The summed E-state index contributed by atoms with van der Waals surface area (Å²) in [5.41, 5.74) is 10.9. The van der Waals surface area contributed by atoms with E-state index in [4.69, 9.17) is 0 Å². The summed E-state index contributed by atoms with van der Waals surface area (Å²) in [6, 6.07) is 35.0. The third kappa shape index (κ3) is 3.20. The first kappa shape index (κ1) is 22.0. The number of rotatable bonds is 2. The van der Waals surface area contributed by atoms with Crippen LogP contribution in [-0.4, -0.2) is 31.6 Å². The average Bonchev–Trinajstić information content (AvgIpc) is 3.67. The minimum Gasteiger partial charge on any atom is -0.381 e. The summed E-state index contributed by atoms with van der Waals surface area (Å²) in [7, 11) is 0. The van der Waals surface area contributed by atoms with E-state index in [-0.39, 0.29) is 27.3 Å². The van der Waals surface area contributed by atoms with Crippen LogP contribution in [0.3, 0.4) is 0 Å². The van der Waals surface area contributed by atoms with E-state index in [1.54, 1.807) is 23.4 Å². The van der Waals surface area contributed by atoms with Crippen molar-refractivity contribution in [3.63, 3.8) is 0 Å². The molecule has 0 saturated heterocycles. The number of hydrogen-bond donors (Lipinski definition) is 0. The van der Waals surface area contributed by atoms with Crippen LogP contribution in [0.25, 0.3) is 33.6 Å². The van der Waals surface area contributed by atoms with Gasteiger partial charge in [0.05, 0.1) is 12.4 Å². The first-order valence-electron chi connectivity index (χ1n) is 11.8. The number of fused-ring (bicyclic) bond motifs is 11. The van der Waals surface area contributed by atoms with Crippen LogP contribution in [0, 0.1) is 12.1 Å². The Kier molecular flexibility index (Phi) is 5.00. The van der Waals surface area contributed by atoms with E-state index >= 15 is 0 Å². The molecule has 8 heteroatoms. The monoisotopic (exact) mass is 566 g/mol. The van der Waals surface area contributed by atoms with Gasteiger partial charge in [0.25, 0.3) is 6.85 Å². The molecule has 0 fully saturated rings. The minimum absolute atomic E-state index is 0. The zero-order valence-electron chi connectivity index (χ0n) is 19.4. The van der Waals surface area contributed by atoms with E-state index in [9.17, 15) is 0 Å². The third-order valence-electron chi connectivity index (χ3n) is 7.02. The summed E-state index contributed by atoms with van der Waals surface area (Å²) in [4.78, 5) is 4.04. The van der Waals surface area contributed by atoms with E-state index in [1.165, 1.54) is 28.1 Å². The fourth-order valence-corrected chi connectivity index (χ4v) is 5.53. The number of anilines is 2. The maximum Gasteiger partial charge on any atom is 2.00 e. The van der Waals surface area contributed by atoms with Crippen LogP contribution in [0.15, 0.2) is 104 Å². The van der Waals surface area contributed by atoms with Crippen LogP contribution in [0.2, 0.25) is 0 Å². The Bertz CT molecular complexity index is 1630. The molecule has 2 aromatic heterocycles. The van der Waals surface area contributed by atoms with Crippen molar-refractivity contribution in [3.05, 3.63) is 116 Å². The van der Waals surface area contributed by atoms with E-state index < -0.39 is 0 Å². The molecule has 0 unspecified atom stereocenters. The maximum atomic E-state index is 4.46. The fourth-order valence-electron chi connectivity index (χ4n) is 5.53. The maximum absolute atomic E-state index is 4.46. The zero-order valence-corrected chi connectivity index (χ0v) is 20.9. The van der Waals surface area contributed by atoms with Gasteiger partial charge in [0.2, 0.25) is 0 Å². The predicted molar refractivity (Wildman–Crippen MR) is 141 cm³/mol. The molecule has 0 atom stereocenters. The van der Waals surface area contributed by atoms with Crippen molar-refractivity contribution in [1.82, 2.24) is 24.8 Å². The molecule has 2 aliphatic heterocycles. The molecule has 0 amide bonds. The molecule has 6 nitrogen and oxygen atoms in total. The topological polar surface area (TPSA) is 51.8 Å². The minimum atomic E-state index is -0.120. The van der Waals surface area contributed by atoms with Crippen LogP contribution in [0.1, 0.15) is 0 Å². The van der Waals surface area contributed by atoms with Crippen molar-refractivity contribution in [3.8, 4) is 33.6 Å². The SMILES string of the molecule is [Pd+2].[c-]1c(-n2cccn2)ccc2c1B1c3[c-]c(-n4nccn4)ccc3-c3ccccc3N1c1ccccc1-2. The van der Waals surface area contributed by atoms with E-state index in [0.717, 1.165) is 27.9 Å². The molecule has 0 aliphatic carbocycles. The molecule has 0 radical (unpaired) electrons. The Hall–Kier alpha value is -4.24. The summed E-state index contributed by atoms with van der Waals surface area (Å²) in [5, 5.41) is 13.2. The Balaban J connectivity index is 0.00000231. The van der Waals surface area contributed by atoms with Crippen molar-refractivity contribution in [2.45, 2.75) is 0 Å². The number of nitrogens with zero attached hydrogens (tertiary/aromatic N) is 6. The van der Waals surface area contributed by atoms with Crippen molar-refractivity contribution >= 4 is 29.1 Å². The molecular weight excluding hydrogens is 550 g/mol. The van der Waals surface area contributed by atoms with E-state index in [1.807, 2.05) is 23.0 Å². The molecule has 2 aliphatic rings. The van der Waals surface area contributed by atoms with Crippen molar-refractivity contribution < 1.29 is 20.4 Å². The predicted octanol–water partition coefficient (Wildman–Crippen LogP) is 3.96. The van der Waals surface area contributed by atoms with Gasteiger partial charge in [-0.15, -0.1) is 23.3 Å². The molecule has 0 saturated carbocycles. The number of para-hydroxylation sites is 2. The Morgan fingerprint density at radius 2 is 1.16 bits per heavy atom. The van der Waals surface area contributed by atoms with Gasteiger partial charge in [-0.05, 0) is 29.6 Å². The molecule has 0 bridgehead atoms. The molecule has 8 rings (SSSR count). The van der Waals surface area contributed by atoms with Crippen molar-refractivity contribution in [1.29, 1.82) is 0 Å². The van der Waals surface area contributed by atoms with Gasteiger partial charge in [-0.3, -0.25) is 4.68 Å². The number of benzene rings is 4. The molecule has 176 valence electrons. The first-order chi connectivity index (χ1) is 17.9. The van der Waals surface area contributed by atoms with Gasteiger partial charge < -0.3 is 4.81 Å². The Morgan fingerprint density at radius 3 is 1.78 bits per heavy atom. The van der Waals surface area contributed by atoms with Gasteiger partial charge in [-0.2, -0.15) is 55.3 Å². The first-order valence-corrected chi connectivity index (χ1v) is 11.8. The molecule has 6 aromatic rings.